The minimum absolute atomic E-state index is 0.669. The quantitative estimate of drug-likeness (QED) is 0.797. The Morgan fingerprint density at radius 2 is 1.47 bits per heavy atom. The van der Waals surface area contributed by atoms with Gasteiger partial charge in [0, 0.05) is 0 Å². The number of hydrogen-bond acceptors (Lipinski definition) is 2. The highest BCUT2D eigenvalue weighted by molar-refractivity contribution is 5.63. The van der Waals surface area contributed by atoms with E-state index in [9.17, 15) is 0 Å². The Balaban J connectivity index is 2.03. The average molecular weight is 227 g/mol. The Kier molecular flexibility index (Phi) is 4.17. The molecule has 0 unspecified atom stereocenters. The molecule has 2 aromatic carbocycles. The van der Waals surface area contributed by atoms with Gasteiger partial charge in [0.25, 0.3) is 0 Å². The van der Waals surface area contributed by atoms with E-state index in [0.29, 0.717) is 13.2 Å². The Labute approximate surface area is 102 Å². The molecule has 2 aromatic rings. The van der Waals surface area contributed by atoms with Gasteiger partial charge in [0.1, 0.15) is 5.75 Å². The van der Waals surface area contributed by atoms with Crippen LogP contribution in [0.4, 0.5) is 0 Å². The van der Waals surface area contributed by atoms with Crippen LogP contribution < -0.4 is 10.5 Å². The van der Waals surface area contributed by atoms with Gasteiger partial charge in [-0.1, -0.05) is 42.5 Å². The molecule has 0 aliphatic heterocycles. The summed E-state index contributed by atoms with van der Waals surface area (Å²) >= 11 is 0. The van der Waals surface area contributed by atoms with Gasteiger partial charge in [-0.15, -0.1) is 0 Å². The standard InChI is InChI=1S/C15H17NO/c16-11-4-12-17-15-9-7-14(8-10-15)13-5-2-1-3-6-13/h1-3,5-10H,4,11-12,16H2. The van der Waals surface area contributed by atoms with Crippen LogP contribution >= 0.6 is 0 Å². The van der Waals surface area contributed by atoms with Gasteiger partial charge in [0.05, 0.1) is 6.61 Å². The molecule has 2 heteroatoms. The smallest absolute Gasteiger partial charge is 0.119 e. The van der Waals surface area contributed by atoms with Crippen LogP contribution in [-0.2, 0) is 0 Å². The van der Waals surface area contributed by atoms with Gasteiger partial charge in [0.15, 0.2) is 0 Å². The lowest BCUT2D eigenvalue weighted by atomic mass is 10.1. The molecule has 2 N–H and O–H groups in total. The van der Waals surface area contributed by atoms with Crippen molar-refractivity contribution in [2.24, 2.45) is 5.73 Å². The highest BCUT2D eigenvalue weighted by Gasteiger charge is 1.97. The van der Waals surface area contributed by atoms with Gasteiger partial charge in [-0.3, -0.25) is 0 Å². The number of hydrogen-bond donors (Lipinski definition) is 1. The van der Waals surface area contributed by atoms with Gasteiger partial charge in [-0.25, -0.2) is 0 Å². The predicted molar refractivity (Wildman–Crippen MR) is 71.0 cm³/mol. The monoisotopic (exact) mass is 227 g/mol. The van der Waals surface area contributed by atoms with Crippen molar-refractivity contribution in [3.05, 3.63) is 54.6 Å². The zero-order valence-electron chi connectivity index (χ0n) is 9.80. The molecule has 0 aromatic heterocycles. The predicted octanol–water partition coefficient (Wildman–Crippen LogP) is 3.08. The fourth-order valence-electron chi connectivity index (χ4n) is 1.65. The minimum atomic E-state index is 0.669. The molecule has 0 bridgehead atoms. The third-order valence-corrected chi connectivity index (χ3v) is 2.58. The molecule has 88 valence electrons. The second-order valence-electron chi connectivity index (χ2n) is 3.88. The molecule has 17 heavy (non-hydrogen) atoms. The average Bonchev–Trinajstić information content (AvgIpc) is 2.41. The van der Waals surface area contributed by atoms with Crippen molar-refractivity contribution in [3.63, 3.8) is 0 Å². The number of benzene rings is 2. The second-order valence-corrected chi connectivity index (χ2v) is 3.88. The molecule has 0 heterocycles. The van der Waals surface area contributed by atoms with Crippen LogP contribution in [0, 0.1) is 0 Å². The van der Waals surface area contributed by atoms with Crippen LogP contribution in [0.15, 0.2) is 54.6 Å². The lowest BCUT2D eigenvalue weighted by Crippen LogP contribution is -2.05. The summed E-state index contributed by atoms with van der Waals surface area (Å²) in [7, 11) is 0. The Bertz CT molecular complexity index is 436. The highest BCUT2D eigenvalue weighted by atomic mass is 16.5. The molecule has 0 radical (unpaired) electrons. The molecule has 0 aliphatic carbocycles. The van der Waals surface area contributed by atoms with Crippen molar-refractivity contribution < 1.29 is 4.74 Å². The second kappa shape index (κ2) is 6.06. The summed E-state index contributed by atoms with van der Waals surface area (Å²) in [5, 5.41) is 0. The van der Waals surface area contributed by atoms with E-state index in [1.807, 2.05) is 30.3 Å². The van der Waals surface area contributed by atoms with Crippen molar-refractivity contribution in [1.29, 1.82) is 0 Å². The fraction of sp³-hybridized carbons (Fsp3) is 0.200. The first-order valence-electron chi connectivity index (χ1n) is 5.88. The van der Waals surface area contributed by atoms with Crippen LogP contribution in [-0.4, -0.2) is 13.2 Å². The molecule has 0 atom stereocenters. The van der Waals surface area contributed by atoms with Gasteiger partial charge < -0.3 is 10.5 Å². The summed E-state index contributed by atoms with van der Waals surface area (Å²) in [4.78, 5) is 0. The van der Waals surface area contributed by atoms with E-state index < -0.39 is 0 Å². The third kappa shape index (κ3) is 3.33. The van der Waals surface area contributed by atoms with Crippen LogP contribution in [0.3, 0.4) is 0 Å². The zero-order chi connectivity index (χ0) is 11.9. The van der Waals surface area contributed by atoms with Gasteiger partial charge >= 0.3 is 0 Å². The topological polar surface area (TPSA) is 35.2 Å². The first-order valence-corrected chi connectivity index (χ1v) is 5.88. The maximum absolute atomic E-state index is 5.56. The summed E-state index contributed by atoms with van der Waals surface area (Å²) in [5.74, 6) is 0.901. The SMILES string of the molecule is NCCCOc1ccc(-c2ccccc2)cc1. The molecule has 0 amide bonds. The molecule has 2 nitrogen and oxygen atoms in total. The Morgan fingerprint density at radius 3 is 2.12 bits per heavy atom. The normalized spacial score (nSPS) is 10.2. The zero-order valence-corrected chi connectivity index (χ0v) is 9.80. The van der Waals surface area contributed by atoms with E-state index in [4.69, 9.17) is 10.5 Å². The summed E-state index contributed by atoms with van der Waals surface area (Å²) in [6.07, 6.45) is 0.889. The highest BCUT2D eigenvalue weighted by Crippen LogP contribution is 2.21. The summed E-state index contributed by atoms with van der Waals surface area (Å²) in [6.45, 7) is 1.35. The summed E-state index contributed by atoms with van der Waals surface area (Å²) < 4.78 is 5.56. The van der Waals surface area contributed by atoms with Crippen LogP contribution in [0.25, 0.3) is 11.1 Å². The van der Waals surface area contributed by atoms with Crippen molar-refractivity contribution in [2.75, 3.05) is 13.2 Å². The van der Waals surface area contributed by atoms with Crippen molar-refractivity contribution in [3.8, 4) is 16.9 Å². The summed E-state index contributed by atoms with van der Waals surface area (Å²) in [5.41, 5.74) is 7.84. The molecule has 0 spiro atoms. The largest absolute Gasteiger partial charge is 0.494 e. The lowest BCUT2D eigenvalue weighted by molar-refractivity contribution is 0.313. The third-order valence-electron chi connectivity index (χ3n) is 2.58. The van der Waals surface area contributed by atoms with E-state index in [0.717, 1.165) is 12.2 Å². The summed E-state index contributed by atoms with van der Waals surface area (Å²) in [6, 6.07) is 18.5. The van der Waals surface area contributed by atoms with Crippen LogP contribution in [0.1, 0.15) is 6.42 Å². The van der Waals surface area contributed by atoms with Crippen molar-refractivity contribution in [1.82, 2.24) is 0 Å². The molecular weight excluding hydrogens is 210 g/mol. The maximum atomic E-state index is 5.56. The molecule has 0 saturated heterocycles. The van der Waals surface area contributed by atoms with Gasteiger partial charge in [-0.2, -0.15) is 0 Å². The molecule has 0 fully saturated rings. The van der Waals surface area contributed by atoms with Crippen molar-refractivity contribution >= 4 is 0 Å². The molecule has 0 aliphatic rings. The van der Waals surface area contributed by atoms with Crippen molar-refractivity contribution in [2.45, 2.75) is 6.42 Å². The number of rotatable bonds is 5. The first kappa shape index (κ1) is 11.7. The fourth-order valence-corrected chi connectivity index (χ4v) is 1.65. The van der Waals surface area contributed by atoms with Crippen LogP contribution in [0.5, 0.6) is 5.75 Å². The Morgan fingerprint density at radius 1 is 0.824 bits per heavy atom. The number of nitrogens with two attached hydrogens (primary N) is 1. The van der Waals surface area contributed by atoms with Gasteiger partial charge in [-0.05, 0) is 36.2 Å². The van der Waals surface area contributed by atoms with Crippen LogP contribution in [0.2, 0.25) is 0 Å². The molecular formula is C15H17NO. The lowest BCUT2D eigenvalue weighted by Gasteiger charge is -2.06. The van der Waals surface area contributed by atoms with E-state index in [1.54, 1.807) is 0 Å². The minimum Gasteiger partial charge on any atom is -0.494 e. The van der Waals surface area contributed by atoms with E-state index >= 15 is 0 Å². The Hall–Kier alpha value is -1.80. The van der Waals surface area contributed by atoms with E-state index in [2.05, 4.69) is 24.3 Å². The number of ether oxygens (including phenoxy) is 1. The molecule has 2 rings (SSSR count). The van der Waals surface area contributed by atoms with E-state index in [-0.39, 0.29) is 0 Å². The maximum Gasteiger partial charge on any atom is 0.119 e. The van der Waals surface area contributed by atoms with Gasteiger partial charge in [0.2, 0.25) is 0 Å². The van der Waals surface area contributed by atoms with E-state index in [1.165, 1.54) is 11.1 Å². The molecule has 0 saturated carbocycles. The first-order chi connectivity index (χ1) is 8.40.